The minimum atomic E-state index is -3.32. The monoisotopic (exact) mass is 315 g/mol. The lowest BCUT2D eigenvalue weighted by molar-refractivity contribution is 0.0910. The minimum Gasteiger partial charge on any atom is -0.378 e. The molecule has 0 amide bonds. The predicted octanol–water partition coefficient (Wildman–Crippen LogP) is 1.71. The molecule has 0 aromatic carbocycles. The summed E-state index contributed by atoms with van der Waals surface area (Å²) in [6, 6.07) is 1.90. The second kappa shape index (κ2) is 7.38. The van der Waals surface area contributed by atoms with Crippen molar-refractivity contribution in [3.8, 4) is 0 Å². The Morgan fingerprint density at radius 1 is 1.38 bits per heavy atom. The van der Waals surface area contributed by atoms with E-state index in [1.165, 1.54) is 0 Å². The van der Waals surface area contributed by atoms with Crippen molar-refractivity contribution < 1.29 is 13.2 Å². The van der Waals surface area contributed by atoms with Gasteiger partial charge in [-0.2, -0.15) is 5.10 Å². The molecule has 0 radical (unpaired) electrons. The zero-order chi connectivity index (χ0) is 15.3. The number of nitrogens with one attached hydrogen (secondary N) is 1. The molecule has 1 N–H and O–H groups in total. The van der Waals surface area contributed by atoms with Crippen LogP contribution in [0.15, 0.2) is 18.5 Å². The molecule has 120 valence electrons. The van der Waals surface area contributed by atoms with E-state index in [9.17, 15) is 8.42 Å². The predicted molar refractivity (Wildman–Crippen MR) is 81.5 cm³/mol. The normalized spacial score (nSPS) is 23.6. The van der Waals surface area contributed by atoms with Crippen molar-refractivity contribution >= 4 is 10.0 Å². The lowest BCUT2D eigenvalue weighted by Gasteiger charge is -2.32. The summed E-state index contributed by atoms with van der Waals surface area (Å²) >= 11 is 0. The highest BCUT2D eigenvalue weighted by molar-refractivity contribution is 7.89. The molecular weight excluding hydrogens is 290 g/mol. The van der Waals surface area contributed by atoms with Crippen LogP contribution < -0.4 is 4.72 Å². The number of hydrogen-bond donors (Lipinski definition) is 1. The molecule has 21 heavy (non-hydrogen) atoms. The van der Waals surface area contributed by atoms with Crippen LogP contribution in [0.1, 0.15) is 45.6 Å². The van der Waals surface area contributed by atoms with Gasteiger partial charge in [-0.3, -0.25) is 4.68 Å². The fourth-order valence-electron chi connectivity index (χ4n) is 2.73. The first-order valence-electron chi connectivity index (χ1n) is 7.58. The third-order valence-electron chi connectivity index (χ3n) is 3.73. The molecule has 2 atom stereocenters. The first-order chi connectivity index (χ1) is 9.98. The van der Waals surface area contributed by atoms with Crippen molar-refractivity contribution in [2.45, 2.75) is 57.7 Å². The van der Waals surface area contributed by atoms with Crippen molar-refractivity contribution in [3.05, 3.63) is 18.5 Å². The molecule has 1 aromatic heterocycles. The molecule has 7 heteroatoms. The van der Waals surface area contributed by atoms with E-state index in [1.54, 1.807) is 6.20 Å². The standard InChI is InChI=1S/C14H25N3O3S/c1-12(2)20-10-11-21(18,19)16-13-6-3-4-7-14(13)17-9-5-8-15-17/h5,8-9,12-14,16H,3-4,6-7,10-11H2,1-2H3/t13-,14+/m0/s1. The fourth-order valence-corrected chi connectivity index (χ4v) is 3.89. The second-order valence-electron chi connectivity index (χ2n) is 5.80. The Morgan fingerprint density at radius 2 is 2.14 bits per heavy atom. The molecule has 0 bridgehead atoms. The van der Waals surface area contributed by atoms with Crippen LogP contribution in [0.5, 0.6) is 0 Å². The average molecular weight is 315 g/mol. The molecule has 1 fully saturated rings. The van der Waals surface area contributed by atoms with Gasteiger partial charge in [0.05, 0.1) is 24.5 Å². The average Bonchev–Trinajstić information content (AvgIpc) is 2.91. The lowest BCUT2D eigenvalue weighted by Crippen LogP contribution is -2.44. The van der Waals surface area contributed by atoms with Crippen LogP contribution in [0.4, 0.5) is 0 Å². The zero-order valence-electron chi connectivity index (χ0n) is 12.7. The number of sulfonamides is 1. The molecule has 2 rings (SSSR count). The molecule has 1 heterocycles. The van der Waals surface area contributed by atoms with Gasteiger partial charge in [0.1, 0.15) is 0 Å². The maximum atomic E-state index is 12.2. The second-order valence-corrected chi connectivity index (χ2v) is 7.67. The molecule has 1 aromatic rings. The van der Waals surface area contributed by atoms with E-state index >= 15 is 0 Å². The van der Waals surface area contributed by atoms with Crippen molar-refractivity contribution in [2.75, 3.05) is 12.4 Å². The molecular formula is C14H25N3O3S. The summed E-state index contributed by atoms with van der Waals surface area (Å²) < 4.78 is 34.4. The maximum Gasteiger partial charge on any atom is 0.214 e. The van der Waals surface area contributed by atoms with Gasteiger partial charge in [-0.1, -0.05) is 12.8 Å². The summed E-state index contributed by atoms with van der Waals surface area (Å²) in [6.07, 6.45) is 7.65. The quantitative estimate of drug-likeness (QED) is 0.831. The van der Waals surface area contributed by atoms with Crippen LogP contribution in [0.25, 0.3) is 0 Å². The van der Waals surface area contributed by atoms with Crippen LogP contribution >= 0.6 is 0 Å². The van der Waals surface area contributed by atoms with Crippen molar-refractivity contribution in [1.82, 2.24) is 14.5 Å². The summed E-state index contributed by atoms with van der Waals surface area (Å²) in [5, 5.41) is 4.26. The Labute approximate surface area is 126 Å². The van der Waals surface area contributed by atoms with Gasteiger partial charge in [0.25, 0.3) is 0 Å². The third kappa shape index (κ3) is 5.09. The molecule has 6 nitrogen and oxygen atoms in total. The van der Waals surface area contributed by atoms with Crippen molar-refractivity contribution in [3.63, 3.8) is 0 Å². The largest absolute Gasteiger partial charge is 0.378 e. The van der Waals surface area contributed by atoms with Crippen LogP contribution in [0, 0.1) is 0 Å². The van der Waals surface area contributed by atoms with Crippen molar-refractivity contribution in [1.29, 1.82) is 0 Å². The van der Waals surface area contributed by atoms with Crippen LogP contribution in [0.3, 0.4) is 0 Å². The molecule has 0 unspecified atom stereocenters. The SMILES string of the molecule is CC(C)OCCS(=O)(=O)N[C@H]1CCCC[C@H]1n1cccn1. The Balaban J connectivity index is 1.95. The van der Waals surface area contributed by atoms with Gasteiger partial charge in [0, 0.05) is 18.4 Å². The van der Waals surface area contributed by atoms with Gasteiger partial charge < -0.3 is 4.74 Å². The smallest absolute Gasteiger partial charge is 0.214 e. The molecule has 0 saturated heterocycles. The van der Waals surface area contributed by atoms with Crippen LogP contribution in [-0.2, 0) is 14.8 Å². The first kappa shape index (κ1) is 16.5. The molecule has 1 aliphatic rings. The summed E-state index contributed by atoms with van der Waals surface area (Å²) in [4.78, 5) is 0. The summed E-state index contributed by atoms with van der Waals surface area (Å²) in [7, 11) is -3.32. The van der Waals surface area contributed by atoms with E-state index in [1.807, 2.05) is 30.8 Å². The number of hydrogen-bond acceptors (Lipinski definition) is 4. The molecule has 1 saturated carbocycles. The minimum absolute atomic E-state index is 0.00745. The Morgan fingerprint density at radius 3 is 2.81 bits per heavy atom. The van der Waals surface area contributed by atoms with Gasteiger partial charge in [-0.15, -0.1) is 0 Å². The topological polar surface area (TPSA) is 73.2 Å². The lowest BCUT2D eigenvalue weighted by atomic mass is 9.91. The number of aromatic nitrogens is 2. The van der Waals surface area contributed by atoms with Gasteiger partial charge >= 0.3 is 0 Å². The summed E-state index contributed by atoms with van der Waals surface area (Å²) in [6.45, 7) is 4.02. The number of ether oxygens (including phenoxy) is 1. The van der Waals surface area contributed by atoms with Crippen molar-refractivity contribution in [2.24, 2.45) is 0 Å². The van der Waals surface area contributed by atoms with E-state index < -0.39 is 10.0 Å². The van der Waals surface area contributed by atoms with E-state index in [-0.39, 0.29) is 30.5 Å². The number of nitrogens with zero attached hydrogens (tertiary/aromatic N) is 2. The van der Waals surface area contributed by atoms with Crippen LogP contribution in [0.2, 0.25) is 0 Å². The molecule has 0 spiro atoms. The highest BCUT2D eigenvalue weighted by Crippen LogP contribution is 2.28. The van der Waals surface area contributed by atoms with E-state index in [0.29, 0.717) is 0 Å². The summed E-state index contributed by atoms with van der Waals surface area (Å²) in [5.74, 6) is 0.00745. The Kier molecular flexibility index (Phi) is 5.78. The summed E-state index contributed by atoms with van der Waals surface area (Å²) in [5.41, 5.74) is 0. The van der Waals surface area contributed by atoms with Gasteiger partial charge in [-0.25, -0.2) is 13.1 Å². The zero-order valence-corrected chi connectivity index (χ0v) is 13.6. The molecule has 0 aliphatic heterocycles. The maximum absolute atomic E-state index is 12.2. The van der Waals surface area contributed by atoms with E-state index in [0.717, 1.165) is 25.7 Å². The highest BCUT2D eigenvalue weighted by Gasteiger charge is 2.30. The highest BCUT2D eigenvalue weighted by atomic mass is 32.2. The van der Waals surface area contributed by atoms with E-state index in [4.69, 9.17) is 4.74 Å². The third-order valence-corrected chi connectivity index (χ3v) is 5.09. The number of rotatable bonds is 7. The first-order valence-corrected chi connectivity index (χ1v) is 9.24. The Hall–Kier alpha value is -0.920. The van der Waals surface area contributed by atoms with E-state index in [2.05, 4.69) is 9.82 Å². The Bertz CT molecular complexity index is 514. The molecule has 1 aliphatic carbocycles. The van der Waals surface area contributed by atoms with Gasteiger partial charge in [0.15, 0.2) is 0 Å². The van der Waals surface area contributed by atoms with Crippen LogP contribution in [-0.4, -0.2) is 42.7 Å². The van der Waals surface area contributed by atoms with Gasteiger partial charge in [-0.05, 0) is 32.8 Å². The fraction of sp³-hybridized carbons (Fsp3) is 0.786. The van der Waals surface area contributed by atoms with Gasteiger partial charge in [0.2, 0.25) is 10.0 Å².